The standard InChI is InChI=1S/C34H34N2/c1-5-13-29(14-6-1)35(30-15-7-2-8-16-30)33-22-27-21-28(23-33)25-34(24-27,26-33)36(31-17-9-3-10-18-31)32-19-11-4-12-20-32/h1-20,27-28H,21-26H2. The zero-order chi connectivity index (χ0) is 24.0. The predicted octanol–water partition coefficient (Wildman–Crippen LogP) is 8.75. The maximum absolute atomic E-state index is 2.73. The van der Waals surface area contributed by atoms with Crippen LogP contribution in [0.25, 0.3) is 0 Å². The molecule has 0 radical (unpaired) electrons. The van der Waals surface area contributed by atoms with E-state index in [-0.39, 0.29) is 11.1 Å². The van der Waals surface area contributed by atoms with Crippen molar-refractivity contribution in [2.24, 2.45) is 11.8 Å². The molecule has 2 heteroatoms. The molecule has 0 saturated heterocycles. The molecule has 36 heavy (non-hydrogen) atoms. The Morgan fingerprint density at radius 1 is 0.417 bits per heavy atom. The molecular weight excluding hydrogens is 436 g/mol. The third kappa shape index (κ3) is 3.54. The van der Waals surface area contributed by atoms with Gasteiger partial charge in [-0.3, -0.25) is 0 Å². The van der Waals surface area contributed by atoms with Crippen LogP contribution >= 0.6 is 0 Å². The molecule has 180 valence electrons. The average molecular weight is 471 g/mol. The Labute approximate surface area is 215 Å². The van der Waals surface area contributed by atoms with Crippen LogP contribution in [0.3, 0.4) is 0 Å². The van der Waals surface area contributed by atoms with E-state index in [0.29, 0.717) is 0 Å². The lowest BCUT2D eigenvalue weighted by molar-refractivity contribution is -0.0168. The van der Waals surface area contributed by atoms with Crippen LogP contribution in [-0.2, 0) is 0 Å². The van der Waals surface area contributed by atoms with Crippen molar-refractivity contribution < 1.29 is 0 Å². The highest BCUT2D eigenvalue weighted by Gasteiger charge is 2.62. The first kappa shape index (κ1) is 21.7. The number of hydrogen-bond acceptors (Lipinski definition) is 2. The van der Waals surface area contributed by atoms with Gasteiger partial charge in [-0.2, -0.15) is 0 Å². The summed E-state index contributed by atoms with van der Waals surface area (Å²) in [7, 11) is 0. The molecule has 4 saturated carbocycles. The molecule has 0 aromatic heterocycles. The minimum Gasteiger partial charge on any atom is -0.335 e. The first-order valence-corrected chi connectivity index (χ1v) is 13.6. The Bertz CT molecular complexity index is 1110. The summed E-state index contributed by atoms with van der Waals surface area (Å²) in [5.41, 5.74) is 5.54. The number of benzene rings is 4. The topological polar surface area (TPSA) is 6.48 Å². The van der Waals surface area contributed by atoms with Crippen LogP contribution in [0, 0.1) is 11.8 Å². The fourth-order valence-corrected chi connectivity index (χ4v) is 8.39. The number of hydrogen-bond donors (Lipinski definition) is 0. The van der Waals surface area contributed by atoms with Gasteiger partial charge in [-0.1, -0.05) is 72.8 Å². The van der Waals surface area contributed by atoms with Crippen LogP contribution < -0.4 is 9.80 Å². The lowest BCUT2D eigenvalue weighted by atomic mass is 9.48. The van der Waals surface area contributed by atoms with Gasteiger partial charge in [0.2, 0.25) is 0 Å². The molecule has 0 N–H and O–H groups in total. The quantitative estimate of drug-likeness (QED) is 0.278. The molecule has 4 bridgehead atoms. The molecule has 4 fully saturated rings. The summed E-state index contributed by atoms with van der Waals surface area (Å²) in [5.74, 6) is 1.52. The molecule has 0 heterocycles. The maximum Gasteiger partial charge on any atom is 0.0479 e. The molecule has 8 rings (SSSR count). The third-order valence-corrected chi connectivity index (χ3v) is 9.01. The highest BCUT2D eigenvalue weighted by atomic mass is 15.3. The van der Waals surface area contributed by atoms with Crippen LogP contribution in [0.1, 0.15) is 38.5 Å². The lowest BCUT2D eigenvalue weighted by Gasteiger charge is -2.67. The molecule has 4 aliphatic carbocycles. The largest absolute Gasteiger partial charge is 0.335 e. The monoisotopic (exact) mass is 470 g/mol. The van der Waals surface area contributed by atoms with Crippen molar-refractivity contribution in [2.45, 2.75) is 49.6 Å². The molecular formula is C34H34N2. The summed E-state index contributed by atoms with van der Waals surface area (Å²) in [6.45, 7) is 0. The fourth-order valence-electron chi connectivity index (χ4n) is 8.39. The van der Waals surface area contributed by atoms with Gasteiger partial charge >= 0.3 is 0 Å². The number of nitrogens with zero attached hydrogens (tertiary/aromatic N) is 2. The van der Waals surface area contributed by atoms with E-state index >= 15 is 0 Å². The van der Waals surface area contributed by atoms with E-state index < -0.39 is 0 Å². The fraction of sp³-hybridized carbons (Fsp3) is 0.294. The Kier molecular flexibility index (Phi) is 5.16. The molecule has 0 atom stereocenters. The van der Waals surface area contributed by atoms with E-state index in [0.717, 1.165) is 11.8 Å². The number of anilines is 4. The molecule has 0 unspecified atom stereocenters. The lowest BCUT2D eigenvalue weighted by Crippen LogP contribution is -2.68. The summed E-state index contributed by atoms with van der Waals surface area (Å²) in [4.78, 5) is 5.46. The van der Waals surface area contributed by atoms with Gasteiger partial charge in [0.1, 0.15) is 0 Å². The van der Waals surface area contributed by atoms with Gasteiger partial charge < -0.3 is 9.80 Å². The SMILES string of the molecule is c1ccc(N(c2ccccc2)C23CC4CC(C2)CC(N(c2ccccc2)c2ccccc2)(C4)C3)cc1. The number of rotatable bonds is 6. The molecule has 0 aliphatic heterocycles. The van der Waals surface area contributed by atoms with Crippen molar-refractivity contribution in [1.82, 2.24) is 0 Å². The second-order valence-corrected chi connectivity index (χ2v) is 11.4. The summed E-state index contributed by atoms with van der Waals surface area (Å²) in [6.07, 6.45) is 7.71. The Balaban J connectivity index is 1.39. The summed E-state index contributed by atoms with van der Waals surface area (Å²) >= 11 is 0. The van der Waals surface area contributed by atoms with E-state index in [4.69, 9.17) is 0 Å². The van der Waals surface area contributed by atoms with Crippen molar-refractivity contribution in [2.75, 3.05) is 9.80 Å². The summed E-state index contributed by atoms with van der Waals surface area (Å²) in [5, 5.41) is 0. The highest BCUT2D eigenvalue weighted by molar-refractivity contribution is 5.69. The van der Waals surface area contributed by atoms with Crippen molar-refractivity contribution >= 4 is 22.7 Å². The van der Waals surface area contributed by atoms with Gasteiger partial charge in [0.25, 0.3) is 0 Å². The normalized spacial score (nSPS) is 28.1. The van der Waals surface area contributed by atoms with Crippen LogP contribution in [0.5, 0.6) is 0 Å². The second kappa shape index (κ2) is 8.55. The van der Waals surface area contributed by atoms with Gasteiger partial charge in [0, 0.05) is 33.8 Å². The number of para-hydroxylation sites is 4. The van der Waals surface area contributed by atoms with E-state index in [2.05, 4.69) is 131 Å². The molecule has 4 aliphatic rings. The Morgan fingerprint density at radius 3 is 0.972 bits per heavy atom. The second-order valence-electron chi connectivity index (χ2n) is 11.4. The maximum atomic E-state index is 2.73. The van der Waals surface area contributed by atoms with Gasteiger partial charge in [0.05, 0.1) is 0 Å². The minimum atomic E-state index is 0.120. The first-order chi connectivity index (χ1) is 17.7. The van der Waals surface area contributed by atoms with Gasteiger partial charge in [-0.25, -0.2) is 0 Å². The van der Waals surface area contributed by atoms with Crippen LogP contribution in [-0.4, -0.2) is 11.1 Å². The van der Waals surface area contributed by atoms with Crippen molar-refractivity contribution in [3.63, 3.8) is 0 Å². The predicted molar refractivity (Wildman–Crippen MR) is 150 cm³/mol. The van der Waals surface area contributed by atoms with Crippen LogP contribution in [0.2, 0.25) is 0 Å². The summed E-state index contributed by atoms with van der Waals surface area (Å²) in [6, 6.07) is 44.6. The van der Waals surface area contributed by atoms with E-state index in [1.807, 2.05) is 0 Å². The van der Waals surface area contributed by atoms with Crippen LogP contribution in [0.4, 0.5) is 22.7 Å². The zero-order valence-electron chi connectivity index (χ0n) is 20.8. The Morgan fingerprint density at radius 2 is 0.694 bits per heavy atom. The van der Waals surface area contributed by atoms with E-state index in [1.165, 1.54) is 61.3 Å². The molecule has 4 aromatic carbocycles. The first-order valence-electron chi connectivity index (χ1n) is 13.6. The Hall–Kier alpha value is -3.52. The van der Waals surface area contributed by atoms with Crippen molar-refractivity contribution in [1.29, 1.82) is 0 Å². The van der Waals surface area contributed by atoms with Crippen molar-refractivity contribution in [3.8, 4) is 0 Å². The summed E-state index contributed by atoms with van der Waals surface area (Å²) < 4.78 is 0. The molecule has 4 aromatic rings. The minimum absolute atomic E-state index is 0.120. The van der Waals surface area contributed by atoms with Crippen LogP contribution in [0.15, 0.2) is 121 Å². The average Bonchev–Trinajstić information content (AvgIpc) is 2.90. The molecule has 0 spiro atoms. The van der Waals surface area contributed by atoms with Gasteiger partial charge in [-0.05, 0) is 98.9 Å². The van der Waals surface area contributed by atoms with E-state index in [1.54, 1.807) is 0 Å². The van der Waals surface area contributed by atoms with Gasteiger partial charge in [0.15, 0.2) is 0 Å². The smallest absolute Gasteiger partial charge is 0.0479 e. The molecule has 2 nitrogen and oxygen atoms in total. The van der Waals surface area contributed by atoms with Gasteiger partial charge in [-0.15, -0.1) is 0 Å². The highest BCUT2D eigenvalue weighted by Crippen LogP contribution is 2.64. The zero-order valence-corrected chi connectivity index (χ0v) is 20.8. The van der Waals surface area contributed by atoms with E-state index in [9.17, 15) is 0 Å². The third-order valence-electron chi connectivity index (χ3n) is 9.01. The molecule has 0 amide bonds. The van der Waals surface area contributed by atoms with Crippen molar-refractivity contribution in [3.05, 3.63) is 121 Å².